The average molecular weight is 422 g/mol. The fraction of sp³-hybridized carbons (Fsp3) is 0.591. The fourth-order valence-corrected chi connectivity index (χ4v) is 3.48. The van der Waals surface area contributed by atoms with E-state index in [1.165, 1.54) is 12.1 Å². The number of carbonyl (C=O) groups excluding carboxylic acids is 3. The summed E-state index contributed by atoms with van der Waals surface area (Å²) in [6.45, 7) is 5.84. The molecule has 2 rings (SSSR count). The Bertz CT molecular complexity index is 741. The lowest BCUT2D eigenvalue weighted by Gasteiger charge is -2.20. The summed E-state index contributed by atoms with van der Waals surface area (Å²) in [6.07, 6.45) is 4.17. The van der Waals surface area contributed by atoms with E-state index in [-0.39, 0.29) is 29.9 Å². The van der Waals surface area contributed by atoms with E-state index in [0.29, 0.717) is 38.3 Å². The van der Waals surface area contributed by atoms with Crippen LogP contribution >= 0.6 is 0 Å². The smallest absolute Gasteiger partial charge is 0.409 e. The summed E-state index contributed by atoms with van der Waals surface area (Å²) in [4.78, 5) is 38.6. The van der Waals surface area contributed by atoms with Crippen LogP contribution in [0.5, 0.6) is 0 Å². The molecule has 3 amide bonds. The third-order valence-electron chi connectivity index (χ3n) is 5.14. The first-order valence-electron chi connectivity index (χ1n) is 10.7. The van der Waals surface area contributed by atoms with Crippen LogP contribution in [0.25, 0.3) is 0 Å². The molecule has 1 aliphatic heterocycles. The molecule has 1 unspecified atom stereocenters. The van der Waals surface area contributed by atoms with Crippen molar-refractivity contribution in [2.75, 3.05) is 31.6 Å². The quantitative estimate of drug-likeness (QED) is 0.623. The second kappa shape index (κ2) is 12.1. The summed E-state index contributed by atoms with van der Waals surface area (Å²) >= 11 is 0. The van der Waals surface area contributed by atoms with Crippen LogP contribution in [0.4, 0.5) is 14.9 Å². The summed E-state index contributed by atoms with van der Waals surface area (Å²) in [5, 5.41) is 5.36. The molecule has 1 heterocycles. The molecular formula is C22H32FN3O4. The molecule has 1 aromatic carbocycles. The number of nitrogens with zero attached hydrogens (tertiary/aromatic N) is 1. The monoisotopic (exact) mass is 421 g/mol. The molecule has 1 fully saturated rings. The number of halogens is 1. The second-order valence-corrected chi connectivity index (χ2v) is 7.55. The van der Waals surface area contributed by atoms with Crippen molar-refractivity contribution in [2.24, 2.45) is 5.92 Å². The van der Waals surface area contributed by atoms with Gasteiger partial charge in [0.2, 0.25) is 5.91 Å². The Morgan fingerprint density at radius 1 is 1.20 bits per heavy atom. The van der Waals surface area contributed by atoms with Crippen molar-refractivity contribution >= 4 is 23.6 Å². The molecule has 1 atom stereocenters. The number of amides is 3. The van der Waals surface area contributed by atoms with Crippen molar-refractivity contribution < 1.29 is 23.5 Å². The molecule has 0 saturated carbocycles. The Morgan fingerprint density at radius 3 is 2.73 bits per heavy atom. The van der Waals surface area contributed by atoms with Crippen LogP contribution in [-0.4, -0.2) is 49.0 Å². The highest BCUT2D eigenvalue weighted by molar-refractivity contribution is 6.03. The number of likely N-dealkylation sites (tertiary alicyclic amines) is 1. The van der Waals surface area contributed by atoms with E-state index in [9.17, 15) is 18.8 Å². The number of ether oxygens (including phenoxy) is 1. The molecule has 1 aromatic rings. The molecule has 7 nitrogen and oxygen atoms in total. The number of rotatable bonds is 8. The summed E-state index contributed by atoms with van der Waals surface area (Å²) < 4.78 is 18.8. The minimum Gasteiger partial charge on any atom is -0.449 e. The SMILES string of the molecule is CCCCOC(=O)N1CCCC(CC(=O)Nc2ccc(F)cc2C(=O)NCC)CC1. The molecular weight excluding hydrogens is 389 g/mol. The van der Waals surface area contributed by atoms with Gasteiger partial charge in [0.15, 0.2) is 0 Å². The zero-order valence-electron chi connectivity index (χ0n) is 17.8. The van der Waals surface area contributed by atoms with E-state index in [1.807, 2.05) is 6.92 Å². The topological polar surface area (TPSA) is 87.7 Å². The fourth-order valence-electron chi connectivity index (χ4n) is 3.48. The van der Waals surface area contributed by atoms with Crippen molar-refractivity contribution in [1.82, 2.24) is 10.2 Å². The standard InChI is InChI=1S/C22H32FN3O4/c1-3-5-13-30-22(29)26-11-6-7-16(10-12-26)14-20(27)25-19-9-8-17(23)15-18(19)21(28)24-4-2/h8-9,15-16H,3-7,10-14H2,1-2H3,(H,24,28)(H,25,27). The van der Waals surface area contributed by atoms with Gasteiger partial charge in [-0.3, -0.25) is 9.59 Å². The molecule has 0 radical (unpaired) electrons. The van der Waals surface area contributed by atoms with Crippen LogP contribution in [0.15, 0.2) is 18.2 Å². The van der Waals surface area contributed by atoms with Crippen LogP contribution < -0.4 is 10.6 Å². The second-order valence-electron chi connectivity index (χ2n) is 7.55. The number of benzene rings is 1. The lowest BCUT2D eigenvalue weighted by Crippen LogP contribution is -2.32. The van der Waals surface area contributed by atoms with E-state index in [1.54, 1.807) is 11.8 Å². The van der Waals surface area contributed by atoms with E-state index in [4.69, 9.17) is 4.74 Å². The zero-order valence-corrected chi connectivity index (χ0v) is 17.8. The number of hydrogen-bond donors (Lipinski definition) is 2. The van der Waals surface area contributed by atoms with Gasteiger partial charge in [0.05, 0.1) is 17.9 Å². The predicted octanol–water partition coefficient (Wildman–Crippen LogP) is 3.94. The molecule has 8 heteroatoms. The van der Waals surface area contributed by atoms with Gasteiger partial charge < -0.3 is 20.3 Å². The highest BCUT2D eigenvalue weighted by Gasteiger charge is 2.24. The Balaban J connectivity index is 1.90. The third kappa shape index (κ3) is 7.31. The molecule has 0 spiro atoms. The third-order valence-corrected chi connectivity index (χ3v) is 5.14. The Labute approximate surface area is 177 Å². The molecule has 0 aromatic heterocycles. The lowest BCUT2D eigenvalue weighted by atomic mass is 9.96. The first kappa shape index (κ1) is 23.6. The summed E-state index contributed by atoms with van der Waals surface area (Å²) in [7, 11) is 0. The molecule has 0 bridgehead atoms. The first-order chi connectivity index (χ1) is 14.4. The van der Waals surface area contributed by atoms with Gasteiger partial charge in [-0.05, 0) is 56.7 Å². The van der Waals surface area contributed by atoms with Gasteiger partial charge in [0, 0.05) is 26.1 Å². The predicted molar refractivity (Wildman–Crippen MR) is 113 cm³/mol. The Morgan fingerprint density at radius 2 is 2.00 bits per heavy atom. The normalized spacial score (nSPS) is 16.5. The number of carbonyl (C=O) groups is 3. The van der Waals surface area contributed by atoms with Crippen molar-refractivity contribution in [2.45, 2.75) is 52.4 Å². The largest absolute Gasteiger partial charge is 0.449 e. The number of anilines is 1. The van der Waals surface area contributed by atoms with Gasteiger partial charge in [-0.15, -0.1) is 0 Å². The van der Waals surface area contributed by atoms with Crippen LogP contribution in [0.1, 0.15) is 62.7 Å². The van der Waals surface area contributed by atoms with Crippen LogP contribution in [0.3, 0.4) is 0 Å². The summed E-state index contributed by atoms with van der Waals surface area (Å²) in [6, 6.07) is 3.74. The van der Waals surface area contributed by atoms with Gasteiger partial charge in [-0.2, -0.15) is 0 Å². The Hall–Kier alpha value is -2.64. The molecule has 2 N–H and O–H groups in total. The summed E-state index contributed by atoms with van der Waals surface area (Å²) in [5.41, 5.74) is 0.397. The van der Waals surface area contributed by atoms with E-state index < -0.39 is 11.7 Å². The molecule has 1 saturated heterocycles. The first-order valence-corrected chi connectivity index (χ1v) is 10.7. The van der Waals surface area contributed by atoms with Gasteiger partial charge in [-0.1, -0.05) is 13.3 Å². The van der Waals surface area contributed by atoms with Crippen LogP contribution in [-0.2, 0) is 9.53 Å². The molecule has 1 aliphatic rings. The molecule has 166 valence electrons. The number of hydrogen-bond acceptors (Lipinski definition) is 4. The zero-order chi connectivity index (χ0) is 21.9. The van der Waals surface area contributed by atoms with Crippen LogP contribution in [0.2, 0.25) is 0 Å². The van der Waals surface area contributed by atoms with Gasteiger partial charge in [0.1, 0.15) is 5.82 Å². The maximum Gasteiger partial charge on any atom is 0.409 e. The highest BCUT2D eigenvalue weighted by Crippen LogP contribution is 2.23. The van der Waals surface area contributed by atoms with Gasteiger partial charge in [0.25, 0.3) is 5.91 Å². The molecule has 30 heavy (non-hydrogen) atoms. The number of nitrogens with one attached hydrogen (secondary N) is 2. The van der Waals surface area contributed by atoms with Crippen molar-refractivity contribution in [1.29, 1.82) is 0 Å². The minimum atomic E-state index is -0.538. The Kier molecular flexibility index (Phi) is 9.57. The number of unbranched alkanes of at least 4 members (excludes halogenated alkanes) is 1. The van der Waals surface area contributed by atoms with Crippen molar-refractivity contribution in [3.8, 4) is 0 Å². The van der Waals surface area contributed by atoms with Gasteiger partial charge >= 0.3 is 6.09 Å². The molecule has 0 aliphatic carbocycles. The van der Waals surface area contributed by atoms with Crippen molar-refractivity contribution in [3.05, 3.63) is 29.6 Å². The average Bonchev–Trinajstić information content (AvgIpc) is 2.95. The summed E-state index contributed by atoms with van der Waals surface area (Å²) in [5.74, 6) is -1.06. The van der Waals surface area contributed by atoms with Crippen molar-refractivity contribution in [3.63, 3.8) is 0 Å². The maximum atomic E-state index is 13.6. The van der Waals surface area contributed by atoms with Crippen LogP contribution in [0, 0.1) is 11.7 Å². The van der Waals surface area contributed by atoms with Gasteiger partial charge in [-0.25, -0.2) is 9.18 Å². The minimum absolute atomic E-state index is 0.104. The van der Waals surface area contributed by atoms with E-state index >= 15 is 0 Å². The lowest BCUT2D eigenvalue weighted by molar-refractivity contribution is -0.117. The van der Waals surface area contributed by atoms with E-state index in [0.717, 1.165) is 31.7 Å². The maximum absolute atomic E-state index is 13.6. The highest BCUT2D eigenvalue weighted by atomic mass is 19.1. The van der Waals surface area contributed by atoms with E-state index in [2.05, 4.69) is 10.6 Å².